The highest BCUT2D eigenvalue weighted by atomic mass is 19.1. The lowest BCUT2D eigenvalue weighted by Crippen LogP contribution is -2.04. The largest absolute Gasteiger partial charge is 0.396 e. The molecule has 4 heteroatoms. The standard InChI is InChI=1S/C15H18FN3/c1-10-6-7-11(8-13(10)16)15-14(17)9-19(18-15)12-4-2-3-5-12/h6-9,12H,2-5,17H2,1H3. The Kier molecular flexibility index (Phi) is 3.01. The second-order valence-electron chi connectivity index (χ2n) is 5.32. The van der Waals surface area contributed by atoms with Crippen molar-refractivity contribution < 1.29 is 4.39 Å². The second kappa shape index (κ2) is 4.68. The van der Waals surface area contributed by atoms with Gasteiger partial charge in [0.15, 0.2) is 0 Å². The molecular formula is C15H18FN3. The third kappa shape index (κ3) is 2.23. The summed E-state index contributed by atoms with van der Waals surface area (Å²) in [5.74, 6) is -0.215. The fraction of sp³-hybridized carbons (Fsp3) is 0.400. The van der Waals surface area contributed by atoms with Gasteiger partial charge in [-0.1, -0.05) is 25.0 Å². The van der Waals surface area contributed by atoms with E-state index in [4.69, 9.17) is 5.73 Å². The Morgan fingerprint density at radius 3 is 2.74 bits per heavy atom. The van der Waals surface area contributed by atoms with Crippen molar-refractivity contribution in [1.82, 2.24) is 9.78 Å². The summed E-state index contributed by atoms with van der Waals surface area (Å²) in [7, 11) is 0. The number of benzene rings is 1. The number of aryl methyl sites for hydroxylation is 1. The first kappa shape index (κ1) is 12.2. The van der Waals surface area contributed by atoms with Crippen molar-refractivity contribution in [2.75, 3.05) is 5.73 Å². The lowest BCUT2D eigenvalue weighted by Gasteiger charge is -2.08. The molecule has 1 fully saturated rings. The maximum atomic E-state index is 13.6. The highest BCUT2D eigenvalue weighted by Gasteiger charge is 2.19. The Bertz CT molecular complexity index is 597. The van der Waals surface area contributed by atoms with E-state index in [0.29, 0.717) is 23.0 Å². The molecular weight excluding hydrogens is 241 g/mol. The van der Waals surface area contributed by atoms with Crippen LogP contribution in [0.2, 0.25) is 0 Å². The van der Waals surface area contributed by atoms with Crippen molar-refractivity contribution >= 4 is 5.69 Å². The van der Waals surface area contributed by atoms with E-state index in [1.54, 1.807) is 13.0 Å². The third-order valence-electron chi connectivity index (χ3n) is 3.90. The van der Waals surface area contributed by atoms with Crippen LogP contribution in [0, 0.1) is 12.7 Å². The van der Waals surface area contributed by atoms with E-state index in [9.17, 15) is 4.39 Å². The van der Waals surface area contributed by atoms with Crippen LogP contribution in [0.25, 0.3) is 11.3 Å². The van der Waals surface area contributed by atoms with Gasteiger partial charge in [-0.25, -0.2) is 4.39 Å². The van der Waals surface area contributed by atoms with Crippen LogP contribution in [0.1, 0.15) is 37.3 Å². The number of halogens is 1. The van der Waals surface area contributed by atoms with E-state index < -0.39 is 0 Å². The van der Waals surface area contributed by atoms with Gasteiger partial charge in [0.05, 0.1) is 11.7 Å². The monoisotopic (exact) mass is 259 g/mol. The average Bonchev–Trinajstić information content (AvgIpc) is 3.01. The zero-order valence-electron chi connectivity index (χ0n) is 11.1. The normalized spacial score (nSPS) is 16.1. The van der Waals surface area contributed by atoms with Crippen LogP contribution in [0.15, 0.2) is 24.4 Å². The van der Waals surface area contributed by atoms with E-state index in [0.717, 1.165) is 18.4 Å². The molecule has 2 N–H and O–H groups in total. The topological polar surface area (TPSA) is 43.8 Å². The highest BCUT2D eigenvalue weighted by Crippen LogP contribution is 2.32. The van der Waals surface area contributed by atoms with Crippen LogP contribution in [0.5, 0.6) is 0 Å². The molecule has 1 aromatic carbocycles. The molecule has 2 aromatic rings. The summed E-state index contributed by atoms with van der Waals surface area (Å²) in [6.07, 6.45) is 6.69. The van der Waals surface area contributed by atoms with Crippen LogP contribution in [0.4, 0.5) is 10.1 Å². The number of nitrogen functional groups attached to an aromatic ring is 1. The summed E-state index contributed by atoms with van der Waals surface area (Å²) >= 11 is 0. The Labute approximate surface area is 112 Å². The minimum atomic E-state index is -0.215. The molecule has 1 saturated carbocycles. The minimum absolute atomic E-state index is 0.215. The van der Waals surface area contributed by atoms with E-state index in [-0.39, 0.29) is 5.82 Å². The molecule has 1 heterocycles. The van der Waals surface area contributed by atoms with Crippen LogP contribution < -0.4 is 5.73 Å². The molecule has 1 aliphatic rings. The number of anilines is 1. The number of nitrogens with zero attached hydrogens (tertiary/aromatic N) is 2. The molecule has 0 spiro atoms. The molecule has 100 valence electrons. The van der Waals surface area contributed by atoms with E-state index in [2.05, 4.69) is 5.10 Å². The molecule has 0 radical (unpaired) electrons. The number of nitrogens with two attached hydrogens (primary N) is 1. The molecule has 1 aromatic heterocycles. The Hall–Kier alpha value is -1.84. The summed E-state index contributed by atoms with van der Waals surface area (Å²) in [5, 5.41) is 4.56. The molecule has 0 saturated heterocycles. The van der Waals surface area contributed by atoms with Crippen molar-refractivity contribution in [3.05, 3.63) is 35.8 Å². The van der Waals surface area contributed by atoms with Gasteiger partial charge in [-0.3, -0.25) is 4.68 Å². The molecule has 0 aliphatic heterocycles. The van der Waals surface area contributed by atoms with Crippen LogP contribution in [-0.4, -0.2) is 9.78 Å². The van der Waals surface area contributed by atoms with Gasteiger partial charge in [-0.2, -0.15) is 5.10 Å². The van der Waals surface area contributed by atoms with Gasteiger partial charge in [-0.05, 0) is 31.4 Å². The molecule has 1 aliphatic carbocycles. The number of hydrogen-bond acceptors (Lipinski definition) is 2. The summed E-state index contributed by atoms with van der Waals surface area (Å²) < 4.78 is 15.6. The van der Waals surface area contributed by atoms with Gasteiger partial charge >= 0.3 is 0 Å². The smallest absolute Gasteiger partial charge is 0.126 e. The minimum Gasteiger partial charge on any atom is -0.396 e. The molecule has 0 atom stereocenters. The van der Waals surface area contributed by atoms with Crippen LogP contribution >= 0.6 is 0 Å². The van der Waals surface area contributed by atoms with Crippen LogP contribution in [-0.2, 0) is 0 Å². The summed E-state index contributed by atoms with van der Waals surface area (Å²) in [6, 6.07) is 5.59. The zero-order valence-corrected chi connectivity index (χ0v) is 11.1. The van der Waals surface area contributed by atoms with E-state index >= 15 is 0 Å². The Morgan fingerprint density at radius 1 is 1.32 bits per heavy atom. The van der Waals surface area contributed by atoms with Gasteiger partial charge in [-0.15, -0.1) is 0 Å². The van der Waals surface area contributed by atoms with Crippen molar-refractivity contribution in [1.29, 1.82) is 0 Å². The predicted octanol–water partition coefficient (Wildman–Crippen LogP) is 3.69. The quantitative estimate of drug-likeness (QED) is 0.893. The Balaban J connectivity index is 1.97. The van der Waals surface area contributed by atoms with Gasteiger partial charge in [0, 0.05) is 11.8 Å². The van der Waals surface area contributed by atoms with Gasteiger partial charge in [0.1, 0.15) is 11.5 Å². The fourth-order valence-electron chi connectivity index (χ4n) is 2.73. The average molecular weight is 259 g/mol. The molecule has 0 unspecified atom stereocenters. The predicted molar refractivity (Wildman–Crippen MR) is 74.3 cm³/mol. The Morgan fingerprint density at radius 2 is 2.05 bits per heavy atom. The lowest BCUT2D eigenvalue weighted by molar-refractivity contribution is 0.468. The maximum Gasteiger partial charge on any atom is 0.126 e. The second-order valence-corrected chi connectivity index (χ2v) is 5.32. The lowest BCUT2D eigenvalue weighted by atomic mass is 10.1. The van der Waals surface area contributed by atoms with Crippen molar-refractivity contribution in [3.63, 3.8) is 0 Å². The van der Waals surface area contributed by atoms with Gasteiger partial charge in [0.2, 0.25) is 0 Å². The van der Waals surface area contributed by atoms with Crippen molar-refractivity contribution in [3.8, 4) is 11.3 Å². The zero-order chi connectivity index (χ0) is 13.4. The van der Waals surface area contributed by atoms with Gasteiger partial charge in [0.25, 0.3) is 0 Å². The molecule has 0 amide bonds. The fourth-order valence-corrected chi connectivity index (χ4v) is 2.73. The number of rotatable bonds is 2. The van der Waals surface area contributed by atoms with E-state index in [1.165, 1.54) is 18.9 Å². The number of hydrogen-bond donors (Lipinski definition) is 1. The summed E-state index contributed by atoms with van der Waals surface area (Å²) in [5.41, 5.74) is 8.71. The first-order valence-corrected chi connectivity index (χ1v) is 6.76. The van der Waals surface area contributed by atoms with Crippen molar-refractivity contribution in [2.45, 2.75) is 38.6 Å². The summed E-state index contributed by atoms with van der Waals surface area (Å²) in [4.78, 5) is 0. The molecule has 19 heavy (non-hydrogen) atoms. The number of aromatic nitrogens is 2. The maximum absolute atomic E-state index is 13.6. The van der Waals surface area contributed by atoms with Crippen LogP contribution in [0.3, 0.4) is 0 Å². The molecule has 0 bridgehead atoms. The first-order valence-electron chi connectivity index (χ1n) is 6.76. The molecule has 3 nitrogen and oxygen atoms in total. The first-order chi connectivity index (χ1) is 9.15. The SMILES string of the molecule is Cc1ccc(-c2nn(C3CCCC3)cc2N)cc1F. The molecule has 3 rings (SSSR count). The highest BCUT2D eigenvalue weighted by molar-refractivity contribution is 5.72. The van der Waals surface area contributed by atoms with Crippen molar-refractivity contribution in [2.24, 2.45) is 0 Å². The van der Waals surface area contributed by atoms with E-state index in [1.807, 2.05) is 16.9 Å². The van der Waals surface area contributed by atoms with Gasteiger partial charge < -0.3 is 5.73 Å². The summed E-state index contributed by atoms with van der Waals surface area (Å²) in [6.45, 7) is 1.75. The third-order valence-corrected chi connectivity index (χ3v) is 3.90.